The van der Waals surface area contributed by atoms with Crippen molar-refractivity contribution in [3.8, 4) is 11.5 Å². The van der Waals surface area contributed by atoms with Crippen molar-refractivity contribution < 1.29 is 14.3 Å². The first-order chi connectivity index (χ1) is 12.2. The van der Waals surface area contributed by atoms with Gasteiger partial charge in [0.15, 0.2) is 5.75 Å². The Morgan fingerprint density at radius 2 is 1.20 bits per heavy atom. The number of rotatable bonds is 3. The number of anilines is 1. The molecule has 0 radical (unpaired) electrons. The third-order valence-corrected chi connectivity index (χ3v) is 4.21. The van der Waals surface area contributed by atoms with Crippen molar-refractivity contribution in [3.05, 3.63) is 89.5 Å². The Morgan fingerprint density at radius 1 is 0.680 bits per heavy atom. The van der Waals surface area contributed by atoms with Gasteiger partial charge in [-0.3, -0.25) is 9.59 Å². The number of benzene rings is 3. The number of fused-ring (bicyclic) bond motifs is 1. The summed E-state index contributed by atoms with van der Waals surface area (Å²) in [6.45, 7) is 1.94. The Labute approximate surface area is 145 Å². The Kier molecular flexibility index (Phi) is 3.58. The second kappa shape index (κ2) is 5.91. The first-order valence-corrected chi connectivity index (χ1v) is 7.97. The molecular weight excluding hydrogens is 314 g/mol. The van der Waals surface area contributed by atoms with E-state index in [9.17, 15) is 9.59 Å². The smallest absolute Gasteiger partial charge is 0.266 e. The van der Waals surface area contributed by atoms with Crippen LogP contribution in [0.2, 0.25) is 0 Å². The molecule has 122 valence electrons. The number of amides is 2. The third kappa shape index (κ3) is 2.48. The van der Waals surface area contributed by atoms with E-state index in [-0.39, 0.29) is 11.8 Å². The fraction of sp³-hybridized carbons (Fsp3) is 0.0476. The number of ether oxygens (including phenoxy) is 1. The molecule has 1 heterocycles. The molecule has 3 aromatic carbocycles. The van der Waals surface area contributed by atoms with Crippen molar-refractivity contribution in [2.75, 3.05) is 4.90 Å². The summed E-state index contributed by atoms with van der Waals surface area (Å²) < 4.78 is 6.00. The first-order valence-electron chi connectivity index (χ1n) is 7.97. The van der Waals surface area contributed by atoms with E-state index in [1.165, 1.54) is 4.90 Å². The summed E-state index contributed by atoms with van der Waals surface area (Å²) in [5, 5.41) is 0. The van der Waals surface area contributed by atoms with Crippen LogP contribution in [0.4, 0.5) is 5.69 Å². The minimum atomic E-state index is -0.332. The predicted octanol–water partition coefficient (Wildman–Crippen LogP) is 4.59. The van der Waals surface area contributed by atoms with Crippen molar-refractivity contribution in [1.82, 2.24) is 0 Å². The van der Waals surface area contributed by atoms with E-state index in [1.807, 2.05) is 37.3 Å². The average molecular weight is 329 g/mol. The van der Waals surface area contributed by atoms with Gasteiger partial charge in [-0.2, -0.15) is 0 Å². The van der Waals surface area contributed by atoms with Crippen LogP contribution < -0.4 is 9.64 Å². The molecule has 1 aliphatic rings. The van der Waals surface area contributed by atoms with Gasteiger partial charge in [-0.05, 0) is 42.8 Å². The molecule has 4 nitrogen and oxygen atoms in total. The number of aryl methyl sites for hydroxylation is 1. The highest BCUT2D eigenvalue weighted by Gasteiger charge is 2.37. The highest BCUT2D eigenvalue weighted by Crippen LogP contribution is 2.37. The number of para-hydroxylation sites is 3. The molecule has 0 aromatic heterocycles. The quantitative estimate of drug-likeness (QED) is 0.660. The Morgan fingerprint density at radius 3 is 1.84 bits per heavy atom. The van der Waals surface area contributed by atoms with Gasteiger partial charge in [0.2, 0.25) is 0 Å². The number of imide groups is 1. The first kappa shape index (κ1) is 15.1. The summed E-state index contributed by atoms with van der Waals surface area (Å²) in [4.78, 5) is 26.6. The lowest BCUT2D eigenvalue weighted by Gasteiger charge is -2.18. The van der Waals surface area contributed by atoms with Gasteiger partial charge in [0.05, 0.1) is 16.8 Å². The van der Waals surface area contributed by atoms with Crippen molar-refractivity contribution in [2.45, 2.75) is 6.92 Å². The summed E-state index contributed by atoms with van der Waals surface area (Å²) in [6.07, 6.45) is 0. The van der Waals surface area contributed by atoms with Gasteiger partial charge >= 0.3 is 0 Å². The van der Waals surface area contributed by atoms with Gasteiger partial charge in [-0.25, -0.2) is 4.90 Å². The highest BCUT2D eigenvalue weighted by molar-refractivity contribution is 6.34. The zero-order valence-electron chi connectivity index (χ0n) is 13.6. The maximum Gasteiger partial charge on any atom is 0.266 e. The Balaban J connectivity index is 1.77. The van der Waals surface area contributed by atoms with Crippen LogP contribution in [0.1, 0.15) is 26.3 Å². The van der Waals surface area contributed by atoms with E-state index >= 15 is 0 Å². The molecule has 0 atom stereocenters. The normalized spacial score (nSPS) is 13.1. The fourth-order valence-corrected chi connectivity index (χ4v) is 2.93. The molecule has 3 aromatic rings. The van der Waals surface area contributed by atoms with Gasteiger partial charge in [0, 0.05) is 0 Å². The standard InChI is InChI=1S/C21H15NO3/c1-14-8-2-6-12-18(14)25-19-13-7-5-11-17(19)22-20(23)15-9-3-4-10-16(15)21(22)24/h2-13H,1H3. The highest BCUT2D eigenvalue weighted by atomic mass is 16.5. The van der Waals surface area contributed by atoms with Crippen molar-refractivity contribution in [2.24, 2.45) is 0 Å². The Hall–Kier alpha value is -3.40. The van der Waals surface area contributed by atoms with Crippen LogP contribution in [0.5, 0.6) is 11.5 Å². The number of nitrogens with zero attached hydrogens (tertiary/aromatic N) is 1. The predicted molar refractivity (Wildman–Crippen MR) is 95.3 cm³/mol. The molecule has 0 spiro atoms. The molecule has 2 amide bonds. The SMILES string of the molecule is Cc1ccccc1Oc1ccccc1N1C(=O)c2ccccc2C1=O. The van der Waals surface area contributed by atoms with Crippen LogP contribution >= 0.6 is 0 Å². The molecule has 0 saturated carbocycles. The number of carbonyl (C=O) groups is 2. The van der Waals surface area contributed by atoms with Gasteiger partial charge in [-0.15, -0.1) is 0 Å². The third-order valence-electron chi connectivity index (χ3n) is 4.21. The summed E-state index contributed by atoms with van der Waals surface area (Å²) in [6, 6.07) is 21.5. The van der Waals surface area contributed by atoms with Gasteiger partial charge in [-0.1, -0.05) is 42.5 Å². The summed E-state index contributed by atoms with van der Waals surface area (Å²) in [5.74, 6) is 0.487. The summed E-state index contributed by atoms with van der Waals surface area (Å²) in [5.41, 5.74) is 2.24. The van der Waals surface area contributed by atoms with Crippen LogP contribution in [0, 0.1) is 6.92 Å². The Bertz CT molecular complexity index is 959. The van der Waals surface area contributed by atoms with Gasteiger partial charge in [0.1, 0.15) is 5.75 Å². The van der Waals surface area contributed by atoms with Crippen LogP contribution in [0.3, 0.4) is 0 Å². The fourth-order valence-electron chi connectivity index (χ4n) is 2.93. The zero-order chi connectivity index (χ0) is 17.4. The molecule has 0 aliphatic carbocycles. The molecule has 0 N–H and O–H groups in total. The van der Waals surface area contributed by atoms with E-state index in [2.05, 4.69) is 0 Å². The van der Waals surface area contributed by atoms with Gasteiger partial charge in [0.25, 0.3) is 11.8 Å². The van der Waals surface area contributed by atoms with Crippen LogP contribution in [-0.4, -0.2) is 11.8 Å². The maximum absolute atomic E-state index is 12.7. The molecular formula is C21H15NO3. The summed E-state index contributed by atoms with van der Waals surface area (Å²) in [7, 11) is 0. The summed E-state index contributed by atoms with van der Waals surface area (Å²) >= 11 is 0. The van der Waals surface area contributed by atoms with E-state index in [4.69, 9.17) is 4.74 Å². The van der Waals surface area contributed by atoms with E-state index in [0.717, 1.165) is 5.56 Å². The maximum atomic E-state index is 12.7. The topological polar surface area (TPSA) is 46.6 Å². The molecule has 1 aliphatic heterocycles. The van der Waals surface area contributed by atoms with E-state index in [1.54, 1.807) is 42.5 Å². The number of hydrogen-bond donors (Lipinski definition) is 0. The van der Waals surface area contributed by atoms with Gasteiger partial charge < -0.3 is 4.74 Å². The van der Waals surface area contributed by atoms with E-state index < -0.39 is 0 Å². The molecule has 25 heavy (non-hydrogen) atoms. The monoisotopic (exact) mass is 329 g/mol. The lowest BCUT2D eigenvalue weighted by atomic mass is 10.1. The minimum Gasteiger partial charge on any atom is -0.455 e. The van der Waals surface area contributed by atoms with Crippen LogP contribution in [-0.2, 0) is 0 Å². The molecule has 0 bridgehead atoms. The molecule has 0 fully saturated rings. The molecule has 0 unspecified atom stereocenters. The molecule has 4 rings (SSSR count). The van der Waals surface area contributed by atoms with Crippen molar-refractivity contribution in [3.63, 3.8) is 0 Å². The van der Waals surface area contributed by atoms with Crippen LogP contribution in [0.25, 0.3) is 0 Å². The number of hydrogen-bond acceptors (Lipinski definition) is 3. The lowest BCUT2D eigenvalue weighted by Crippen LogP contribution is -2.29. The number of carbonyl (C=O) groups excluding carboxylic acids is 2. The molecule has 0 saturated heterocycles. The average Bonchev–Trinajstić information content (AvgIpc) is 2.89. The lowest BCUT2D eigenvalue weighted by molar-refractivity contribution is 0.0925. The van der Waals surface area contributed by atoms with E-state index in [0.29, 0.717) is 28.3 Å². The van der Waals surface area contributed by atoms with Crippen molar-refractivity contribution >= 4 is 17.5 Å². The zero-order valence-corrected chi connectivity index (χ0v) is 13.6. The van der Waals surface area contributed by atoms with Crippen LogP contribution in [0.15, 0.2) is 72.8 Å². The molecule has 4 heteroatoms. The largest absolute Gasteiger partial charge is 0.455 e. The minimum absolute atomic E-state index is 0.332. The second-order valence-electron chi connectivity index (χ2n) is 5.83. The second-order valence-corrected chi connectivity index (χ2v) is 5.83. The van der Waals surface area contributed by atoms with Crippen molar-refractivity contribution in [1.29, 1.82) is 0 Å².